The van der Waals surface area contributed by atoms with Gasteiger partial charge >= 0.3 is 0 Å². The molecule has 0 saturated carbocycles. The highest BCUT2D eigenvalue weighted by molar-refractivity contribution is 4.69. The van der Waals surface area contributed by atoms with E-state index < -0.39 is 0 Å². The third-order valence-electron chi connectivity index (χ3n) is 2.55. The van der Waals surface area contributed by atoms with Crippen LogP contribution in [0.3, 0.4) is 0 Å². The summed E-state index contributed by atoms with van der Waals surface area (Å²) in [6, 6.07) is 0.436. The topological polar surface area (TPSA) is 47.3 Å². The molecule has 0 rings (SSSR count). The highest BCUT2D eigenvalue weighted by Crippen LogP contribution is 2.11. The molecule has 0 aromatic rings. The van der Waals surface area contributed by atoms with Crippen LogP contribution in [0, 0.1) is 5.92 Å². The first-order valence-electron chi connectivity index (χ1n) is 5.30. The van der Waals surface area contributed by atoms with Gasteiger partial charge in [0.1, 0.15) is 0 Å². The molecule has 80 valence electrons. The third kappa shape index (κ3) is 6.02. The zero-order chi connectivity index (χ0) is 10.1. The number of hydrazine groups is 1. The van der Waals surface area contributed by atoms with E-state index in [2.05, 4.69) is 19.3 Å². The second kappa shape index (κ2) is 8.48. The molecular formula is C10H24N2O. The lowest BCUT2D eigenvalue weighted by atomic mass is 9.96. The standard InChI is InChI=1S/C10H24N2O/c1-4-9(3)10(12-11)7-6-8-13-5-2/h9-10,12H,4-8,11H2,1-3H3. The number of hydrogen-bond acceptors (Lipinski definition) is 3. The molecule has 0 aliphatic carbocycles. The maximum Gasteiger partial charge on any atom is 0.0466 e. The number of nitrogens with one attached hydrogen (secondary N) is 1. The third-order valence-corrected chi connectivity index (χ3v) is 2.55. The van der Waals surface area contributed by atoms with Crippen LogP contribution >= 0.6 is 0 Å². The molecular weight excluding hydrogens is 164 g/mol. The summed E-state index contributed by atoms with van der Waals surface area (Å²) in [7, 11) is 0. The maximum atomic E-state index is 5.47. The molecule has 0 aromatic carbocycles. The fraction of sp³-hybridized carbons (Fsp3) is 1.00. The first-order valence-corrected chi connectivity index (χ1v) is 5.30. The fourth-order valence-electron chi connectivity index (χ4n) is 1.37. The van der Waals surface area contributed by atoms with Gasteiger partial charge < -0.3 is 4.74 Å². The van der Waals surface area contributed by atoms with E-state index in [1.165, 1.54) is 6.42 Å². The van der Waals surface area contributed by atoms with Crippen molar-refractivity contribution in [2.45, 2.75) is 46.1 Å². The van der Waals surface area contributed by atoms with E-state index in [-0.39, 0.29) is 0 Å². The molecule has 3 nitrogen and oxygen atoms in total. The molecule has 0 saturated heterocycles. The van der Waals surface area contributed by atoms with Crippen LogP contribution in [0.25, 0.3) is 0 Å². The van der Waals surface area contributed by atoms with E-state index in [9.17, 15) is 0 Å². The monoisotopic (exact) mass is 188 g/mol. The molecule has 0 aromatic heterocycles. The summed E-state index contributed by atoms with van der Waals surface area (Å²) in [6.07, 6.45) is 3.36. The van der Waals surface area contributed by atoms with E-state index in [0.717, 1.165) is 26.1 Å². The van der Waals surface area contributed by atoms with Gasteiger partial charge in [0.2, 0.25) is 0 Å². The van der Waals surface area contributed by atoms with Gasteiger partial charge in [-0.15, -0.1) is 0 Å². The van der Waals surface area contributed by atoms with Crippen LogP contribution in [0.5, 0.6) is 0 Å². The number of ether oxygens (including phenoxy) is 1. The van der Waals surface area contributed by atoms with Crippen molar-refractivity contribution in [1.82, 2.24) is 5.43 Å². The van der Waals surface area contributed by atoms with Crippen molar-refractivity contribution in [1.29, 1.82) is 0 Å². The summed E-state index contributed by atoms with van der Waals surface area (Å²) in [5.41, 5.74) is 2.87. The van der Waals surface area contributed by atoms with Gasteiger partial charge in [0.05, 0.1) is 0 Å². The van der Waals surface area contributed by atoms with Gasteiger partial charge in [0, 0.05) is 19.3 Å². The van der Waals surface area contributed by atoms with Crippen LogP contribution in [-0.2, 0) is 4.74 Å². The van der Waals surface area contributed by atoms with Gasteiger partial charge in [-0.05, 0) is 25.7 Å². The molecule has 2 unspecified atom stereocenters. The van der Waals surface area contributed by atoms with Crippen LogP contribution in [0.2, 0.25) is 0 Å². The zero-order valence-corrected chi connectivity index (χ0v) is 9.18. The van der Waals surface area contributed by atoms with Gasteiger partial charge in [-0.3, -0.25) is 11.3 Å². The molecule has 0 bridgehead atoms. The van der Waals surface area contributed by atoms with Gasteiger partial charge in [-0.25, -0.2) is 0 Å². The summed E-state index contributed by atoms with van der Waals surface area (Å²) in [6.45, 7) is 8.10. The second-order valence-corrected chi connectivity index (χ2v) is 3.50. The summed E-state index contributed by atoms with van der Waals surface area (Å²) < 4.78 is 5.27. The Labute approximate surface area is 82.0 Å². The van der Waals surface area contributed by atoms with Crippen LogP contribution in [-0.4, -0.2) is 19.3 Å². The highest BCUT2D eigenvalue weighted by atomic mass is 16.5. The number of nitrogens with two attached hydrogens (primary N) is 1. The summed E-state index contributed by atoms with van der Waals surface area (Å²) in [4.78, 5) is 0. The van der Waals surface area contributed by atoms with Crippen molar-refractivity contribution >= 4 is 0 Å². The molecule has 0 amide bonds. The van der Waals surface area contributed by atoms with Crippen molar-refractivity contribution in [2.75, 3.05) is 13.2 Å². The van der Waals surface area contributed by atoms with E-state index in [0.29, 0.717) is 12.0 Å². The summed E-state index contributed by atoms with van der Waals surface area (Å²) in [5.74, 6) is 6.12. The Kier molecular flexibility index (Phi) is 8.40. The predicted octanol–water partition coefficient (Wildman–Crippen LogP) is 1.68. The maximum absolute atomic E-state index is 5.47. The Morgan fingerprint density at radius 3 is 2.54 bits per heavy atom. The largest absolute Gasteiger partial charge is 0.382 e. The molecule has 0 radical (unpaired) electrons. The molecule has 3 heteroatoms. The van der Waals surface area contributed by atoms with E-state index >= 15 is 0 Å². The van der Waals surface area contributed by atoms with Crippen LogP contribution in [0.1, 0.15) is 40.0 Å². The summed E-state index contributed by atoms with van der Waals surface area (Å²) >= 11 is 0. The molecule has 3 N–H and O–H groups in total. The average molecular weight is 188 g/mol. The summed E-state index contributed by atoms with van der Waals surface area (Å²) in [5, 5.41) is 0. The Hall–Kier alpha value is -0.120. The van der Waals surface area contributed by atoms with Crippen molar-refractivity contribution < 1.29 is 4.74 Å². The van der Waals surface area contributed by atoms with Crippen LogP contribution in [0.15, 0.2) is 0 Å². The van der Waals surface area contributed by atoms with Crippen molar-refractivity contribution in [3.63, 3.8) is 0 Å². The van der Waals surface area contributed by atoms with Crippen LogP contribution in [0.4, 0.5) is 0 Å². The van der Waals surface area contributed by atoms with Gasteiger partial charge in [0.25, 0.3) is 0 Å². The van der Waals surface area contributed by atoms with Crippen LogP contribution < -0.4 is 11.3 Å². The minimum absolute atomic E-state index is 0.436. The first-order chi connectivity index (χ1) is 6.26. The molecule has 0 aliphatic rings. The van der Waals surface area contributed by atoms with E-state index in [1.54, 1.807) is 0 Å². The van der Waals surface area contributed by atoms with Gasteiger partial charge in [-0.2, -0.15) is 0 Å². The minimum atomic E-state index is 0.436. The predicted molar refractivity (Wildman–Crippen MR) is 56.3 cm³/mol. The fourth-order valence-corrected chi connectivity index (χ4v) is 1.37. The normalized spacial score (nSPS) is 15.7. The first kappa shape index (κ1) is 12.9. The lowest BCUT2D eigenvalue weighted by Crippen LogP contribution is -2.39. The van der Waals surface area contributed by atoms with Gasteiger partial charge in [0.15, 0.2) is 0 Å². The Morgan fingerprint density at radius 1 is 1.38 bits per heavy atom. The quantitative estimate of drug-likeness (QED) is 0.346. The molecule has 0 heterocycles. The van der Waals surface area contributed by atoms with Gasteiger partial charge in [-0.1, -0.05) is 20.3 Å². The smallest absolute Gasteiger partial charge is 0.0466 e. The lowest BCUT2D eigenvalue weighted by molar-refractivity contribution is 0.138. The molecule has 0 spiro atoms. The molecule has 2 atom stereocenters. The number of rotatable bonds is 8. The number of hydrogen-bond donors (Lipinski definition) is 2. The average Bonchev–Trinajstić information content (AvgIpc) is 2.17. The Bertz CT molecular complexity index is 109. The molecule has 0 aliphatic heterocycles. The SMILES string of the molecule is CCOCCCC(NN)C(C)CC. The second-order valence-electron chi connectivity index (χ2n) is 3.50. The van der Waals surface area contributed by atoms with E-state index in [1.807, 2.05) is 6.92 Å². The van der Waals surface area contributed by atoms with Crippen molar-refractivity contribution in [3.05, 3.63) is 0 Å². The van der Waals surface area contributed by atoms with Crippen molar-refractivity contribution in [2.24, 2.45) is 11.8 Å². The highest BCUT2D eigenvalue weighted by Gasteiger charge is 2.12. The Morgan fingerprint density at radius 2 is 2.08 bits per heavy atom. The minimum Gasteiger partial charge on any atom is -0.382 e. The van der Waals surface area contributed by atoms with Crippen molar-refractivity contribution in [3.8, 4) is 0 Å². The lowest BCUT2D eigenvalue weighted by Gasteiger charge is -2.21. The van der Waals surface area contributed by atoms with E-state index in [4.69, 9.17) is 10.6 Å². The molecule has 13 heavy (non-hydrogen) atoms. The Balaban J connectivity index is 3.47. The molecule has 0 fully saturated rings. The zero-order valence-electron chi connectivity index (χ0n) is 9.18.